The van der Waals surface area contributed by atoms with Crippen molar-refractivity contribution < 1.29 is 19.4 Å². The number of carbonyl (C=O) groups excluding carboxylic acids is 1. The van der Waals surface area contributed by atoms with Gasteiger partial charge in [0.05, 0.1) is 18.8 Å². The van der Waals surface area contributed by atoms with Crippen LogP contribution >= 0.6 is 0 Å². The highest BCUT2D eigenvalue weighted by atomic mass is 16.5. The van der Waals surface area contributed by atoms with Crippen molar-refractivity contribution in [3.05, 3.63) is 23.8 Å². The molecule has 0 aliphatic rings. The Morgan fingerprint density at radius 1 is 1.28 bits per heavy atom. The Morgan fingerprint density at radius 2 is 2.06 bits per heavy atom. The largest absolute Gasteiger partial charge is 0.504 e. The molecule has 1 aromatic carbocycles. The van der Waals surface area contributed by atoms with Gasteiger partial charge in [0.15, 0.2) is 11.5 Å². The average Bonchev–Trinajstić information content (AvgIpc) is 2.36. The molecule has 1 N–H and O–H groups in total. The van der Waals surface area contributed by atoms with E-state index in [9.17, 15) is 9.90 Å². The summed E-state index contributed by atoms with van der Waals surface area (Å²) in [5.41, 5.74) is 0.329. The van der Waals surface area contributed by atoms with Gasteiger partial charge in [-0.1, -0.05) is 19.8 Å². The summed E-state index contributed by atoms with van der Waals surface area (Å²) in [6.45, 7) is 4.74. The van der Waals surface area contributed by atoms with Crippen molar-refractivity contribution >= 4 is 5.97 Å². The molecule has 18 heavy (non-hydrogen) atoms. The molecule has 4 nitrogen and oxygen atoms in total. The van der Waals surface area contributed by atoms with Gasteiger partial charge in [0.25, 0.3) is 0 Å². The number of unbranched alkanes of at least 4 members (excludes halogenated alkanes) is 2. The zero-order valence-electron chi connectivity index (χ0n) is 10.9. The van der Waals surface area contributed by atoms with Gasteiger partial charge in [0, 0.05) is 0 Å². The second-order valence-corrected chi connectivity index (χ2v) is 3.96. The summed E-state index contributed by atoms with van der Waals surface area (Å²) < 4.78 is 10.3. The number of ether oxygens (including phenoxy) is 2. The van der Waals surface area contributed by atoms with Gasteiger partial charge in [0.1, 0.15) is 0 Å². The van der Waals surface area contributed by atoms with Crippen LogP contribution in [-0.4, -0.2) is 24.3 Å². The van der Waals surface area contributed by atoms with E-state index in [2.05, 4.69) is 6.92 Å². The minimum absolute atomic E-state index is 0.0305. The smallest absolute Gasteiger partial charge is 0.338 e. The molecule has 0 unspecified atom stereocenters. The Morgan fingerprint density at radius 3 is 2.67 bits per heavy atom. The van der Waals surface area contributed by atoms with Crippen LogP contribution in [0.25, 0.3) is 0 Å². The molecule has 0 spiro atoms. The molecule has 0 heterocycles. The zero-order chi connectivity index (χ0) is 13.4. The summed E-state index contributed by atoms with van der Waals surface area (Å²) in [6, 6.07) is 4.55. The standard InChI is InChI=1S/C14H20O4/c1-3-5-6-9-18-13-8-7-11(10-12(13)15)14(16)17-4-2/h7-8,10,15H,3-6,9H2,1-2H3. The molecule has 0 aliphatic carbocycles. The lowest BCUT2D eigenvalue weighted by Crippen LogP contribution is -2.05. The molecular formula is C14H20O4. The van der Waals surface area contributed by atoms with E-state index in [4.69, 9.17) is 9.47 Å². The second kappa shape index (κ2) is 7.58. The lowest BCUT2D eigenvalue weighted by Gasteiger charge is -2.09. The number of phenols is 1. The fourth-order valence-electron chi connectivity index (χ4n) is 1.52. The highest BCUT2D eigenvalue weighted by Crippen LogP contribution is 2.27. The number of esters is 1. The van der Waals surface area contributed by atoms with Crippen LogP contribution in [0, 0.1) is 0 Å². The molecule has 0 radical (unpaired) electrons. The van der Waals surface area contributed by atoms with Crippen molar-refractivity contribution in [1.29, 1.82) is 0 Å². The van der Waals surface area contributed by atoms with Gasteiger partial charge in [-0.05, 0) is 31.5 Å². The van der Waals surface area contributed by atoms with E-state index in [0.717, 1.165) is 19.3 Å². The number of rotatable bonds is 7. The van der Waals surface area contributed by atoms with Crippen molar-refractivity contribution in [3.63, 3.8) is 0 Å². The summed E-state index contributed by atoms with van der Waals surface area (Å²) in [5, 5.41) is 9.73. The molecule has 0 saturated carbocycles. The third-order valence-corrected chi connectivity index (χ3v) is 2.48. The first-order chi connectivity index (χ1) is 8.69. The van der Waals surface area contributed by atoms with E-state index < -0.39 is 5.97 Å². The van der Waals surface area contributed by atoms with Gasteiger partial charge in [-0.15, -0.1) is 0 Å². The topological polar surface area (TPSA) is 55.8 Å². The SMILES string of the molecule is CCCCCOc1ccc(C(=O)OCC)cc1O. The minimum Gasteiger partial charge on any atom is -0.504 e. The van der Waals surface area contributed by atoms with E-state index in [0.29, 0.717) is 24.5 Å². The first-order valence-corrected chi connectivity index (χ1v) is 6.32. The van der Waals surface area contributed by atoms with E-state index in [1.54, 1.807) is 19.1 Å². The van der Waals surface area contributed by atoms with Gasteiger partial charge < -0.3 is 14.6 Å². The van der Waals surface area contributed by atoms with Gasteiger partial charge in [0.2, 0.25) is 0 Å². The molecule has 0 aromatic heterocycles. The molecule has 0 atom stereocenters. The minimum atomic E-state index is -0.440. The second-order valence-electron chi connectivity index (χ2n) is 3.96. The van der Waals surface area contributed by atoms with Gasteiger partial charge in [-0.2, -0.15) is 0 Å². The normalized spacial score (nSPS) is 10.1. The molecule has 1 rings (SSSR count). The molecule has 100 valence electrons. The van der Waals surface area contributed by atoms with Crippen LogP contribution in [0.3, 0.4) is 0 Å². The Kier molecular flexibility index (Phi) is 6.05. The van der Waals surface area contributed by atoms with Crippen molar-refractivity contribution in [2.24, 2.45) is 0 Å². The van der Waals surface area contributed by atoms with Crippen molar-refractivity contribution in [1.82, 2.24) is 0 Å². The molecule has 0 bridgehead atoms. The molecule has 0 fully saturated rings. The predicted molar refractivity (Wildman–Crippen MR) is 69.1 cm³/mol. The van der Waals surface area contributed by atoms with Crippen LogP contribution in [0.4, 0.5) is 0 Å². The fourth-order valence-corrected chi connectivity index (χ4v) is 1.52. The van der Waals surface area contributed by atoms with E-state index in [1.165, 1.54) is 6.07 Å². The first kappa shape index (κ1) is 14.4. The quantitative estimate of drug-likeness (QED) is 0.598. The maximum Gasteiger partial charge on any atom is 0.338 e. The predicted octanol–water partition coefficient (Wildman–Crippen LogP) is 3.14. The molecular weight excluding hydrogens is 232 g/mol. The third kappa shape index (κ3) is 4.28. The zero-order valence-corrected chi connectivity index (χ0v) is 10.9. The van der Waals surface area contributed by atoms with Gasteiger partial charge in [-0.25, -0.2) is 4.79 Å². The Balaban J connectivity index is 2.59. The lowest BCUT2D eigenvalue weighted by atomic mass is 10.2. The van der Waals surface area contributed by atoms with Crippen LogP contribution in [0.15, 0.2) is 18.2 Å². The lowest BCUT2D eigenvalue weighted by molar-refractivity contribution is 0.0526. The number of aromatic hydroxyl groups is 1. The van der Waals surface area contributed by atoms with Crippen molar-refractivity contribution in [2.45, 2.75) is 33.1 Å². The molecule has 0 aliphatic heterocycles. The Labute approximate surface area is 108 Å². The fraction of sp³-hybridized carbons (Fsp3) is 0.500. The van der Waals surface area contributed by atoms with E-state index >= 15 is 0 Å². The number of carbonyl (C=O) groups is 1. The monoisotopic (exact) mass is 252 g/mol. The third-order valence-electron chi connectivity index (χ3n) is 2.48. The molecule has 1 aromatic rings. The summed E-state index contributed by atoms with van der Waals surface area (Å²) in [7, 11) is 0. The molecule has 0 saturated heterocycles. The number of hydrogen-bond acceptors (Lipinski definition) is 4. The maximum atomic E-state index is 11.4. The molecule has 0 amide bonds. The summed E-state index contributed by atoms with van der Waals surface area (Å²) in [5.74, 6) is -0.0680. The summed E-state index contributed by atoms with van der Waals surface area (Å²) >= 11 is 0. The van der Waals surface area contributed by atoms with Crippen molar-refractivity contribution in [3.8, 4) is 11.5 Å². The molecule has 4 heteroatoms. The van der Waals surface area contributed by atoms with Crippen LogP contribution in [0.1, 0.15) is 43.5 Å². The van der Waals surface area contributed by atoms with Crippen LogP contribution in [-0.2, 0) is 4.74 Å². The van der Waals surface area contributed by atoms with Crippen molar-refractivity contribution in [2.75, 3.05) is 13.2 Å². The van der Waals surface area contributed by atoms with E-state index in [-0.39, 0.29) is 5.75 Å². The van der Waals surface area contributed by atoms with E-state index in [1.807, 2.05) is 0 Å². The average molecular weight is 252 g/mol. The number of benzene rings is 1. The Hall–Kier alpha value is -1.71. The van der Waals surface area contributed by atoms with Crippen LogP contribution in [0.5, 0.6) is 11.5 Å². The highest BCUT2D eigenvalue weighted by Gasteiger charge is 2.10. The summed E-state index contributed by atoms with van der Waals surface area (Å²) in [4.78, 5) is 11.4. The van der Waals surface area contributed by atoms with Gasteiger partial charge >= 0.3 is 5.97 Å². The number of phenolic OH excluding ortho intramolecular Hbond substituents is 1. The first-order valence-electron chi connectivity index (χ1n) is 6.32. The summed E-state index contributed by atoms with van der Waals surface area (Å²) in [6.07, 6.45) is 3.17. The number of hydrogen-bond donors (Lipinski definition) is 1. The van der Waals surface area contributed by atoms with Crippen LogP contribution in [0.2, 0.25) is 0 Å². The van der Waals surface area contributed by atoms with Gasteiger partial charge in [-0.3, -0.25) is 0 Å². The highest BCUT2D eigenvalue weighted by molar-refractivity contribution is 5.90. The Bertz CT molecular complexity index is 387. The maximum absolute atomic E-state index is 11.4. The van der Waals surface area contributed by atoms with Crippen LogP contribution < -0.4 is 4.74 Å².